The monoisotopic (exact) mass is 361 g/mol. The Hall–Kier alpha value is -1.76. The van der Waals surface area contributed by atoms with E-state index in [1.165, 1.54) is 12.1 Å². The van der Waals surface area contributed by atoms with Crippen molar-refractivity contribution in [1.29, 1.82) is 0 Å². The van der Waals surface area contributed by atoms with Crippen molar-refractivity contribution in [3.8, 4) is 0 Å². The highest BCUT2D eigenvalue weighted by Crippen LogP contribution is 2.26. The van der Waals surface area contributed by atoms with Gasteiger partial charge in [-0.15, -0.1) is 11.3 Å². The molecule has 1 aliphatic heterocycles. The smallest absolute Gasteiger partial charge is 0.234 e. The maximum absolute atomic E-state index is 13.2. The number of piperazine rings is 1. The molecule has 1 aromatic heterocycles. The predicted octanol–water partition coefficient (Wildman–Crippen LogP) is 2.73. The zero-order valence-corrected chi connectivity index (χ0v) is 15.3. The first-order chi connectivity index (χ1) is 12.2. The first-order valence-electron chi connectivity index (χ1n) is 8.68. The quantitative estimate of drug-likeness (QED) is 0.859. The molecule has 2 heterocycles. The average molecular weight is 361 g/mol. The predicted molar refractivity (Wildman–Crippen MR) is 99.3 cm³/mol. The Morgan fingerprint density at radius 1 is 1.16 bits per heavy atom. The summed E-state index contributed by atoms with van der Waals surface area (Å²) in [4.78, 5) is 18.2. The Kier molecular flexibility index (Phi) is 6.18. The van der Waals surface area contributed by atoms with Gasteiger partial charge in [0.25, 0.3) is 0 Å². The van der Waals surface area contributed by atoms with E-state index in [4.69, 9.17) is 0 Å². The highest BCUT2D eigenvalue weighted by molar-refractivity contribution is 7.10. The number of rotatable bonds is 6. The molecule has 0 bridgehead atoms. The minimum Gasteiger partial charge on any atom is -0.343 e. The van der Waals surface area contributed by atoms with Crippen LogP contribution in [0, 0.1) is 5.82 Å². The second-order valence-corrected chi connectivity index (χ2v) is 7.26. The third-order valence-electron chi connectivity index (χ3n) is 4.62. The van der Waals surface area contributed by atoms with E-state index in [2.05, 4.69) is 22.0 Å². The molecule has 1 unspecified atom stereocenters. The summed E-state index contributed by atoms with van der Waals surface area (Å²) in [6.07, 6.45) is 0. The lowest BCUT2D eigenvalue weighted by molar-refractivity contribution is -0.123. The number of nitrogens with one attached hydrogen (secondary N) is 1. The summed E-state index contributed by atoms with van der Waals surface area (Å²) in [7, 11) is 0. The Labute approximate surface area is 152 Å². The van der Waals surface area contributed by atoms with Gasteiger partial charge in [-0.2, -0.15) is 0 Å². The van der Waals surface area contributed by atoms with E-state index in [0.717, 1.165) is 43.2 Å². The van der Waals surface area contributed by atoms with Crippen molar-refractivity contribution in [3.63, 3.8) is 0 Å². The van der Waals surface area contributed by atoms with E-state index in [-0.39, 0.29) is 17.8 Å². The standard InChI is InChI=1S/C19H24FN3OS/c1-2-22-9-11-23(12-10-22)14-18(24)21-19(17-4-3-13-25-17)15-5-7-16(20)8-6-15/h3-8,13,19H,2,9-12,14H2,1H3,(H,21,24). The number of thiophene rings is 1. The molecule has 1 N–H and O–H groups in total. The van der Waals surface area contributed by atoms with Crippen LogP contribution in [0.1, 0.15) is 23.4 Å². The van der Waals surface area contributed by atoms with Gasteiger partial charge in [0.05, 0.1) is 12.6 Å². The minimum absolute atomic E-state index is 0.00711. The van der Waals surface area contributed by atoms with Gasteiger partial charge in [0, 0.05) is 31.1 Å². The Bertz CT molecular complexity index is 666. The highest BCUT2D eigenvalue weighted by atomic mass is 32.1. The van der Waals surface area contributed by atoms with Crippen molar-refractivity contribution in [2.75, 3.05) is 39.3 Å². The van der Waals surface area contributed by atoms with Gasteiger partial charge >= 0.3 is 0 Å². The Morgan fingerprint density at radius 3 is 2.44 bits per heavy atom. The molecule has 0 saturated carbocycles. The molecule has 6 heteroatoms. The number of carbonyl (C=O) groups is 1. The van der Waals surface area contributed by atoms with Gasteiger partial charge in [-0.1, -0.05) is 25.1 Å². The molecule has 25 heavy (non-hydrogen) atoms. The average Bonchev–Trinajstić information content (AvgIpc) is 3.15. The summed E-state index contributed by atoms with van der Waals surface area (Å²) in [5, 5.41) is 5.11. The van der Waals surface area contributed by atoms with E-state index >= 15 is 0 Å². The zero-order valence-electron chi connectivity index (χ0n) is 14.5. The van der Waals surface area contributed by atoms with Crippen LogP contribution in [0.25, 0.3) is 0 Å². The van der Waals surface area contributed by atoms with Gasteiger partial charge in [0.1, 0.15) is 5.82 Å². The van der Waals surface area contributed by atoms with Crippen LogP contribution in [0.4, 0.5) is 4.39 Å². The summed E-state index contributed by atoms with van der Waals surface area (Å²) in [5.41, 5.74) is 0.896. The van der Waals surface area contributed by atoms with Crippen LogP contribution in [0.3, 0.4) is 0 Å². The number of hydrogen-bond donors (Lipinski definition) is 1. The van der Waals surface area contributed by atoms with Crippen molar-refractivity contribution in [2.24, 2.45) is 0 Å². The van der Waals surface area contributed by atoms with E-state index < -0.39 is 0 Å². The second-order valence-electron chi connectivity index (χ2n) is 6.28. The van der Waals surface area contributed by atoms with E-state index in [1.807, 2.05) is 17.5 Å². The van der Waals surface area contributed by atoms with Crippen molar-refractivity contribution in [1.82, 2.24) is 15.1 Å². The molecule has 1 saturated heterocycles. The fourth-order valence-corrected chi connectivity index (χ4v) is 3.91. The third kappa shape index (κ3) is 4.87. The van der Waals surface area contributed by atoms with E-state index in [9.17, 15) is 9.18 Å². The van der Waals surface area contributed by atoms with Gasteiger partial charge in [0.15, 0.2) is 0 Å². The molecule has 134 valence electrons. The number of amides is 1. The van der Waals surface area contributed by atoms with Crippen LogP contribution in [0.2, 0.25) is 0 Å². The lowest BCUT2D eigenvalue weighted by Crippen LogP contribution is -2.49. The molecule has 4 nitrogen and oxygen atoms in total. The van der Waals surface area contributed by atoms with Gasteiger partial charge in [-0.05, 0) is 35.7 Å². The molecule has 1 aliphatic rings. The van der Waals surface area contributed by atoms with Gasteiger partial charge in [-0.25, -0.2) is 4.39 Å². The Balaban J connectivity index is 1.64. The number of nitrogens with zero attached hydrogens (tertiary/aromatic N) is 2. The summed E-state index contributed by atoms with van der Waals surface area (Å²) in [5.74, 6) is -0.263. The lowest BCUT2D eigenvalue weighted by atomic mass is 10.1. The van der Waals surface area contributed by atoms with Crippen LogP contribution < -0.4 is 5.32 Å². The zero-order chi connectivity index (χ0) is 17.6. The molecule has 1 atom stereocenters. The number of carbonyl (C=O) groups excluding carboxylic acids is 1. The molecule has 2 aromatic rings. The minimum atomic E-state index is -0.270. The molecule has 1 fully saturated rings. The van der Waals surface area contributed by atoms with Crippen LogP contribution in [0.5, 0.6) is 0 Å². The van der Waals surface area contributed by atoms with Crippen LogP contribution in [-0.4, -0.2) is 55.0 Å². The fraction of sp³-hybridized carbons (Fsp3) is 0.421. The topological polar surface area (TPSA) is 35.6 Å². The van der Waals surface area contributed by atoms with Crippen LogP contribution >= 0.6 is 11.3 Å². The fourth-order valence-electron chi connectivity index (χ4n) is 3.10. The first-order valence-corrected chi connectivity index (χ1v) is 9.56. The maximum Gasteiger partial charge on any atom is 0.234 e. The molecule has 3 rings (SSSR count). The van der Waals surface area contributed by atoms with Gasteiger partial charge < -0.3 is 10.2 Å². The molecular weight excluding hydrogens is 337 g/mol. The highest BCUT2D eigenvalue weighted by Gasteiger charge is 2.21. The third-order valence-corrected chi connectivity index (χ3v) is 5.55. The van der Waals surface area contributed by atoms with Crippen LogP contribution in [0.15, 0.2) is 41.8 Å². The molecule has 0 radical (unpaired) electrons. The SMILES string of the molecule is CCN1CCN(CC(=O)NC(c2ccc(F)cc2)c2cccs2)CC1. The summed E-state index contributed by atoms with van der Waals surface area (Å²) in [6.45, 7) is 7.48. The molecule has 1 amide bonds. The normalized spacial score (nSPS) is 17.4. The number of likely N-dealkylation sites (N-methyl/N-ethyl adjacent to an activating group) is 1. The number of halogens is 1. The van der Waals surface area contributed by atoms with Crippen molar-refractivity contribution in [2.45, 2.75) is 13.0 Å². The molecule has 0 spiro atoms. The second kappa shape index (κ2) is 8.56. The molecular formula is C19H24FN3OS. The summed E-state index contributed by atoms with van der Waals surface area (Å²) in [6, 6.07) is 10.1. The summed E-state index contributed by atoms with van der Waals surface area (Å²) >= 11 is 1.59. The van der Waals surface area contributed by atoms with E-state index in [1.54, 1.807) is 23.5 Å². The first kappa shape index (κ1) is 18.0. The molecule has 0 aliphatic carbocycles. The van der Waals surface area contributed by atoms with Crippen molar-refractivity contribution >= 4 is 17.2 Å². The largest absolute Gasteiger partial charge is 0.343 e. The van der Waals surface area contributed by atoms with E-state index in [0.29, 0.717) is 6.54 Å². The number of benzene rings is 1. The lowest BCUT2D eigenvalue weighted by Gasteiger charge is -2.33. The Morgan fingerprint density at radius 2 is 1.84 bits per heavy atom. The molecule has 1 aromatic carbocycles. The number of hydrogen-bond acceptors (Lipinski definition) is 4. The maximum atomic E-state index is 13.2. The van der Waals surface area contributed by atoms with Crippen LogP contribution in [-0.2, 0) is 4.79 Å². The van der Waals surface area contributed by atoms with Crippen molar-refractivity contribution < 1.29 is 9.18 Å². The van der Waals surface area contributed by atoms with Gasteiger partial charge in [-0.3, -0.25) is 9.69 Å². The van der Waals surface area contributed by atoms with Crippen molar-refractivity contribution in [3.05, 3.63) is 58.0 Å². The van der Waals surface area contributed by atoms with Gasteiger partial charge in [0.2, 0.25) is 5.91 Å². The summed E-state index contributed by atoms with van der Waals surface area (Å²) < 4.78 is 13.2.